The number of thioether (sulfide) groups is 1. The van der Waals surface area contributed by atoms with E-state index in [4.69, 9.17) is 14.2 Å². The van der Waals surface area contributed by atoms with Crippen LogP contribution >= 0.6 is 11.8 Å². The van der Waals surface area contributed by atoms with E-state index in [2.05, 4.69) is 0 Å². The molecule has 0 aliphatic carbocycles. The summed E-state index contributed by atoms with van der Waals surface area (Å²) in [5, 5.41) is 0. The lowest BCUT2D eigenvalue weighted by Gasteiger charge is -2.25. The molecule has 0 saturated carbocycles. The van der Waals surface area contributed by atoms with Crippen LogP contribution in [0, 0.1) is 5.92 Å². The maximum absolute atomic E-state index is 5.32. The van der Waals surface area contributed by atoms with Gasteiger partial charge in [0.25, 0.3) is 0 Å². The van der Waals surface area contributed by atoms with Crippen molar-refractivity contribution in [2.75, 3.05) is 33.2 Å². The molecule has 4 heteroatoms. The molecule has 0 atom stereocenters. The lowest BCUT2D eigenvalue weighted by molar-refractivity contribution is -0.0196. The number of hydrogen-bond acceptors (Lipinski definition) is 4. The summed E-state index contributed by atoms with van der Waals surface area (Å²) in [4.78, 5) is 1.13. The van der Waals surface area contributed by atoms with Gasteiger partial charge in [0, 0.05) is 11.7 Å². The van der Waals surface area contributed by atoms with Crippen LogP contribution in [-0.2, 0) is 4.74 Å². The molecule has 1 saturated heterocycles. The third kappa shape index (κ3) is 2.62. The van der Waals surface area contributed by atoms with Crippen LogP contribution < -0.4 is 9.47 Å². The molecule has 1 heterocycles. The van der Waals surface area contributed by atoms with E-state index in [1.54, 1.807) is 26.0 Å². The van der Waals surface area contributed by atoms with Crippen LogP contribution in [0.4, 0.5) is 0 Å². The molecule has 16 heavy (non-hydrogen) atoms. The van der Waals surface area contributed by atoms with Gasteiger partial charge >= 0.3 is 0 Å². The third-order valence-corrected chi connectivity index (χ3v) is 3.82. The van der Waals surface area contributed by atoms with Gasteiger partial charge in [-0.15, -0.1) is 11.8 Å². The van der Waals surface area contributed by atoms with Crippen molar-refractivity contribution in [1.29, 1.82) is 0 Å². The zero-order valence-electron chi connectivity index (χ0n) is 9.56. The highest BCUT2D eigenvalue weighted by Gasteiger charge is 2.19. The zero-order chi connectivity index (χ0) is 11.4. The average molecular weight is 240 g/mol. The zero-order valence-corrected chi connectivity index (χ0v) is 10.4. The maximum atomic E-state index is 5.32. The molecule has 0 aromatic heterocycles. The molecule has 1 aliphatic heterocycles. The van der Waals surface area contributed by atoms with Crippen LogP contribution in [0.5, 0.6) is 11.5 Å². The predicted octanol–water partition coefficient (Wildman–Crippen LogP) is 2.44. The molecule has 0 spiro atoms. The van der Waals surface area contributed by atoms with Gasteiger partial charge in [0.05, 0.1) is 32.3 Å². The quantitative estimate of drug-likeness (QED) is 0.739. The molecule has 0 bridgehead atoms. The Morgan fingerprint density at radius 2 is 2.12 bits per heavy atom. The minimum absolute atomic E-state index is 0.681. The van der Waals surface area contributed by atoms with Gasteiger partial charge in [-0.3, -0.25) is 0 Å². The topological polar surface area (TPSA) is 27.7 Å². The highest BCUT2D eigenvalue weighted by atomic mass is 32.2. The fourth-order valence-electron chi connectivity index (χ4n) is 1.49. The van der Waals surface area contributed by atoms with Crippen LogP contribution in [0.15, 0.2) is 23.1 Å². The summed E-state index contributed by atoms with van der Waals surface area (Å²) in [6.07, 6.45) is 0. The van der Waals surface area contributed by atoms with Crippen molar-refractivity contribution in [3.8, 4) is 11.5 Å². The summed E-state index contributed by atoms with van der Waals surface area (Å²) in [6.45, 7) is 1.78. The Morgan fingerprint density at radius 1 is 1.31 bits per heavy atom. The van der Waals surface area contributed by atoms with Crippen LogP contribution in [0.3, 0.4) is 0 Å². The fourth-order valence-corrected chi connectivity index (χ4v) is 2.59. The van der Waals surface area contributed by atoms with E-state index in [-0.39, 0.29) is 0 Å². The van der Waals surface area contributed by atoms with E-state index in [1.807, 2.05) is 18.2 Å². The summed E-state index contributed by atoms with van der Waals surface area (Å²) in [5.74, 6) is 3.53. The Labute approximate surface area is 100 Å². The normalized spacial score (nSPS) is 15.6. The highest BCUT2D eigenvalue weighted by Crippen LogP contribution is 2.34. The Bertz CT molecular complexity index is 350. The molecule has 1 aromatic rings. The average Bonchev–Trinajstić information content (AvgIpc) is 2.26. The van der Waals surface area contributed by atoms with Gasteiger partial charge in [-0.2, -0.15) is 0 Å². The first-order valence-corrected chi connectivity index (χ1v) is 6.24. The molecule has 3 nitrogen and oxygen atoms in total. The molecule has 0 N–H and O–H groups in total. The molecule has 88 valence electrons. The Kier molecular flexibility index (Phi) is 3.96. The second kappa shape index (κ2) is 5.46. The predicted molar refractivity (Wildman–Crippen MR) is 64.6 cm³/mol. The van der Waals surface area contributed by atoms with Gasteiger partial charge in [0.2, 0.25) is 0 Å². The molecule has 1 fully saturated rings. The molecule has 2 rings (SSSR count). The van der Waals surface area contributed by atoms with Gasteiger partial charge in [-0.05, 0) is 18.2 Å². The van der Waals surface area contributed by atoms with Crippen molar-refractivity contribution >= 4 is 11.8 Å². The van der Waals surface area contributed by atoms with Crippen molar-refractivity contribution in [1.82, 2.24) is 0 Å². The SMILES string of the molecule is COc1ccc(OC)c(SCC2COC2)c1. The minimum atomic E-state index is 0.681. The lowest BCUT2D eigenvalue weighted by Crippen LogP contribution is -2.29. The fraction of sp³-hybridized carbons (Fsp3) is 0.500. The van der Waals surface area contributed by atoms with Crippen LogP contribution in [0.25, 0.3) is 0 Å². The largest absolute Gasteiger partial charge is 0.497 e. The summed E-state index contributed by atoms with van der Waals surface area (Å²) in [5.41, 5.74) is 0. The van der Waals surface area contributed by atoms with Crippen LogP contribution in [-0.4, -0.2) is 33.2 Å². The molecule has 0 radical (unpaired) electrons. The molecular weight excluding hydrogens is 224 g/mol. The summed E-state index contributed by atoms with van der Waals surface area (Å²) < 4.78 is 15.7. The Balaban J connectivity index is 2.03. The first-order chi connectivity index (χ1) is 7.83. The van der Waals surface area contributed by atoms with Gasteiger partial charge < -0.3 is 14.2 Å². The Morgan fingerprint density at radius 3 is 2.69 bits per heavy atom. The standard InChI is InChI=1S/C12H16O3S/c1-13-10-3-4-11(14-2)12(5-10)16-8-9-6-15-7-9/h3-5,9H,6-8H2,1-2H3. The summed E-state index contributed by atoms with van der Waals surface area (Å²) in [6, 6.07) is 5.87. The summed E-state index contributed by atoms with van der Waals surface area (Å²) in [7, 11) is 3.37. The van der Waals surface area contributed by atoms with E-state index in [0.717, 1.165) is 35.4 Å². The molecule has 0 amide bonds. The monoisotopic (exact) mass is 240 g/mol. The summed E-state index contributed by atoms with van der Waals surface area (Å²) >= 11 is 1.80. The van der Waals surface area contributed by atoms with E-state index in [0.29, 0.717) is 5.92 Å². The van der Waals surface area contributed by atoms with Crippen molar-refractivity contribution < 1.29 is 14.2 Å². The van der Waals surface area contributed by atoms with E-state index < -0.39 is 0 Å². The van der Waals surface area contributed by atoms with Gasteiger partial charge in [-0.1, -0.05) is 0 Å². The van der Waals surface area contributed by atoms with Gasteiger partial charge in [-0.25, -0.2) is 0 Å². The highest BCUT2D eigenvalue weighted by molar-refractivity contribution is 7.99. The number of methoxy groups -OCH3 is 2. The van der Waals surface area contributed by atoms with Crippen molar-refractivity contribution in [3.63, 3.8) is 0 Å². The van der Waals surface area contributed by atoms with Crippen molar-refractivity contribution in [2.45, 2.75) is 4.90 Å². The van der Waals surface area contributed by atoms with Crippen LogP contribution in [0.1, 0.15) is 0 Å². The molecular formula is C12H16O3S. The maximum Gasteiger partial charge on any atom is 0.132 e. The number of hydrogen-bond donors (Lipinski definition) is 0. The third-order valence-electron chi connectivity index (χ3n) is 2.55. The van der Waals surface area contributed by atoms with E-state index in [1.165, 1.54) is 0 Å². The molecule has 1 aliphatic rings. The number of ether oxygens (including phenoxy) is 3. The first-order valence-electron chi connectivity index (χ1n) is 5.26. The lowest BCUT2D eigenvalue weighted by atomic mass is 10.1. The van der Waals surface area contributed by atoms with Gasteiger partial charge in [0.1, 0.15) is 11.5 Å². The van der Waals surface area contributed by atoms with E-state index >= 15 is 0 Å². The second-order valence-electron chi connectivity index (χ2n) is 3.73. The molecule has 0 unspecified atom stereocenters. The van der Waals surface area contributed by atoms with Crippen LogP contribution in [0.2, 0.25) is 0 Å². The molecule has 1 aromatic carbocycles. The van der Waals surface area contributed by atoms with Crippen molar-refractivity contribution in [3.05, 3.63) is 18.2 Å². The second-order valence-corrected chi connectivity index (χ2v) is 4.79. The van der Waals surface area contributed by atoms with E-state index in [9.17, 15) is 0 Å². The Hall–Kier alpha value is -0.870. The van der Waals surface area contributed by atoms with Crippen molar-refractivity contribution in [2.24, 2.45) is 5.92 Å². The smallest absolute Gasteiger partial charge is 0.132 e. The number of benzene rings is 1. The minimum Gasteiger partial charge on any atom is -0.497 e. The first kappa shape index (κ1) is 11.6. The number of rotatable bonds is 5. The van der Waals surface area contributed by atoms with Gasteiger partial charge in [0.15, 0.2) is 0 Å².